The summed E-state index contributed by atoms with van der Waals surface area (Å²) in [7, 11) is 0. The summed E-state index contributed by atoms with van der Waals surface area (Å²) in [5.41, 5.74) is 3.08. The molecule has 1 aromatic carbocycles. The van der Waals surface area contributed by atoms with Crippen molar-refractivity contribution in [2.75, 3.05) is 13.2 Å². The first-order chi connectivity index (χ1) is 9.87. The van der Waals surface area contributed by atoms with E-state index in [9.17, 15) is 0 Å². The molecule has 0 unspecified atom stereocenters. The van der Waals surface area contributed by atoms with Gasteiger partial charge in [-0.25, -0.2) is 0 Å². The summed E-state index contributed by atoms with van der Waals surface area (Å²) in [6.07, 6.45) is 4.54. The molecule has 0 bridgehead atoms. The highest BCUT2D eigenvalue weighted by Crippen LogP contribution is 2.36. The van der Waals surface area contributed by atoms with Crippen molar-refractivity contribution in [2.45, 2.75) is 59.4 Å². The second kappa shape index (κ2) is 7.15. The largest absolute Gasteiger partial charge is 0.493 e. The summed E-state index contributed by atoms with van der Waals surface area (Å²) in [5.74, 6) is 1.15. The van der Waals surface area contributed by atoms with Gasteiger partial charge in [-0.2, -0.15) is 0 Å². The standard InChI is InChI=1S/C18H28BrNO/c1-13(2)20-9-8-18(3,4)7-5-14-11-16(19)12-15-6-10-21-17(14)15/h11-13,20H,5-10H2,1-4H3. The molecule has 0 saturated heterocycles. The third-order valence-corrected chi connectivity index (χ3v) is 4.71. The van der Waals surface area contributed by atoms with Gasteiger partial charge in [0, 0.05) is 16.9 Å². The molecule has 0 radical (unpaired) electrons. The van der Waals surface area contributed by atoms with Crippen LogP contribution >= 0.6 is 15.9 Å². The monoisotopic (exact) mass is 353 g/mol. The molecule has 0 aromatic heterocycles. The van der Waals surface area contributed by atoms with E-state index < -0.39 is 0 Å². The lowest BCUT2D eigenvalue weighted by Crippen LogP contribution is -2.28. The molecule has 0 amide bonds. The van der Waals surface area contributed by atoms with E-state index in [-0.39, 0.29) is 0 Å². The molecule has 2 rings (SSSR count). The molecule has 0 saturated carbocycles. The van der Waals surface area contributed by atoms with Gasteiger partial charge in [0.05, 0.1) is 6.61 Å². The number of aryl methyl sites for hydroxylation is 1. The van der Waals surface area contributed by atoms with Crippen molar-refractivity contribution in [1.82, 2.24) is 5.32 Å². The first kappa shape index (κ1) is 16.8. The Hall–Kier alpha value is -0.540. The van der Waals surface area contributed by atoms with E-state index in [1.807, 2.05) is 0 Å². The number of ether oxygens (including phenoxy) is 1. The van der Waals surface area contributed by atoms with Crippen LogP contribution in [-0.2, 0) is 12.8 Å². The van der Waals surface area contributed by atoms with Gasteiger partial charge in [0.1, 0.15) is 5.75 Å². The molecule has 0 spiro atoms. The minimum Gasteiger partial charge on any atom is -0.493 e. The smallest absolute Gasteiger partial charge is 0.125 e. The van der Waals surface area contributed by atoms with E-state index in [0.29, 0.717) is 11.5 Å². The zero-order valence-electron chi connectivity index (χ0n) is 13.8. The van der Waals surface area contributed by atoms with Crippen LogP contribution in [0.15, 0.2) is 16.6 Å². The van der Waals surface area contributed by atoms with Gasteiger partial charge >= 0.3 is 0 Å². The summed E-state index contributed by atoms with van der Waals surface area (Å²) in [6.45, 7) is 11.1. The van der Waals surface area contributed by atoms with Crippen LogP contribution in [0.25, 0.3) is 0 Å². The lowest BCUT2D eigenvalue weighted by molar-refractivity contribution is 0.295. The molecule has 1 aliphatic heterocycles. The Bertz CT molecular complexity index is 482. The lowest BCUT2D eigenvalue weighted by atomic mass is 9.83. The molecule has 0 aliphatic carbocycles. The third kappa shape index (κ3) is 5.00. The molecule has 1 heterocycles. The molecule has 2 nitrogen and oxygen atoms in total. The Labute approximate surface area is 137 Å². The maximum Gasteiger partial charge on any atom is 0.125 e. The van der Waals surface area contributed by atoms with Gasteiger partial charge in [-0.05, 0) is 54.5 Å². The normalized spacial score (nSPS) is 14.4. The van der Waals surface area contributed by atoms with E-state index in [0.717, 1.165) is 31.7 Å². The number of nitrogens with one attached hydrogen (secondary N) is 1. The maximum absolute atomic E-state index is 5.83. The van der Waals surface area contributed by atoms with Crippen LogP contribution < -0.4 is 10.1 Å². The van der Waals surface area contributed by atoms with Crippen molar-refractivity contribution < 1.29 is 4.74 Å². The van der Waals surface area contributed by atoms with Gasteiger partial charge in [0.15, 0.2) is 0 Å². The topological polar surface area (TPSA) is 21.3 Å². The average molecular weight is 354 g/mol. The Balaban J connectivity index is 1.93. The Morgan fingerprint density at radius 1 is 1.29 bits per heavy atom. The Kier molecular flexibility index (Phi) is 5.73. The molecule has 1 N–H and O–H groups in total. The van der Waals surface area contributed by atoms with Gasteiger partial charge in [-0.1, -0.05) is 43.6 Å². The van der Waals surface area contributed by atoms with Crippen molar-refractivity contribution in [3.8, 4) is 5.75 Å². The molecule has 21 heavy (non-hydrogen) atoms. The first-order valence-electron chi connectivity index (χ1n) is 8.05. The minimum atomic E-state index is 0.357. The summed E-state index contributed by atoms with van der Waals surface area (Å²) >= 11 is 3.63. The fourth-order valence-electron chi connectivity index (χ4n) is 2.83. The SMILES string of the molecule is CC(C)NCCC(C)(C)CCc1cc(Br)cc2c1OCC2. The first-order valence-corrected chi connectivity index (χ1v) is 8.84. The molecular formula is C18H28BrNO. The van der Waals surface area contributed by atoms with Crippen LogP contribution in [0.1, 0.15) is 51.7 Å². The van der Waals surface area contributed by atoms with Gasteiger partial charge in [0.2, 0.25) is 0 Å². The summed E-state index contributed by atoms with van der Waals surface area (Å²) in [6, 6.07) is 5.00. The highest BCUT2D eigenvalue weighted by molar-refractivity contribution is 9.10. The van der Waals surface area contributed by atoms with E-state index in [1.54, 1.807) is 0 Å². The van der Waals surface area contributed by atoms with Crippen LogP contribution in [0.4, 0.5) is 0 Å². The predicted octanol–water partition coefficient (Wildman–Crippen LogP) is 4.73. The summed E-state index contributed by atoms with van der Waals surface area (Å²) < 4.78 is 7.01. The molecule has 1 aromatic rings. The van der Waals surface area contributed by atoms with Crippen LogP contribution in [0.3, 0.4) is 0 Å². The molecule has 3 heteroatoms. The number of rotatable bonds is 7. The zero-order chi connectivity index (χ0) is 15.5. The molecule has 1 aliphatic rings. The Morgan fingerprint density at radius 3 is 2.76 bits per heavy atom. The number of hydrogen-bond donors (Lipinski definition) is 1. The lowest BCUT2D eigenvalue weighted by Gasteiger charge is -2.26. The van der Waals surface area contributed by atoms with E-state index in [1.165, 1.54) is 28.4 Å². The number of halogens is 1. The van der Waals surface area contributed by atoms with E-state index in [2.05, 4.69) is 61.1 Å². The van der Waals surface area contributed by atoms with Crippen molar-refractivity contribution in [2.24, 2.45) is 5.41 Å². The summed E-state index contributed by atoms with van der Waals surface area (Å²) in [5, 5.41) is 3.52. The quantitative estimate of drug-likeness (QED) is 0.764. The van der Waals surface area contributed by atoms with Crippen molar-refractivity contribution in [1.29, 1.82) is 0 Å². The van der Waals surface area contributed by atoms with Gasteiger partial charge in [-0.3, -0.25) is 0 Å². The minimum absolute atomic E-state index is 0.357. The van der Waals surface area contributed by atoms with Gasteiger partial charge in [0.25, 0.3) is 0 Å². The van der Waals surface area contributed by atoms with Crippen LogP contribution in [0.2, 0.25) is 0 Å². The van der Waals surface area contributed by atoms with E-state index in [4.69, 9.17) is 4.74 Å². The van der Waals surface area contributed by atoms with Crippen molar-refractivity contribution in [3.63, 3.8) is 0 Å². The van der Waals surface area contributed by atoms with Crippen LogP contribution in [0, 0.1) is 5.41 Å². The predicted molar refractivity (Wildman–Crippen MR) is 93.2 cm³/mol. The Morgan fingerprint density at radius 2 is 2.05 bits per heavy atom. The summed E-state index contributed by atoms with van der Waals surface area (Å²) in [4.78, 5) is 0. The number of fused-ring (bicyclic) bond motifs is 1. The van der Waals surface area contributed by atoms with Crippen LogP contribution in [0.5, 0.6) is 5.75 Å². The maximum atomic E-state index is 5.83. The third-order valence-electron chi connectivity index (χ3n) is 4.25. The number of benzene rings is 1. The zero-order valence-corrected chi connectivity index (χ0v) is 15.3. The van der Waals surface area contributed by atoms with Gasteiger partial charge < -0.3 is 10.1 Å². The molecule has 118 valence electrons. The second-order valence-corrected chi connectivity index (χ2v) is 8.09. The van der Waals surface area contributed by atoms with Crippen molar-refractivity contribution in [3.05, 3.63) is 27.7 Å². The fourth-order valence-corrected chi connectivity index (χ4v) is 3.38. The van der Waals surface area contributed by atoms with E-state index >= 15 is 0 Å². The van der Waals surface area contributed by atoms with Gasteiger partial charge in [-0.15, -0.1) is 0 Å². The molecule has 0 atom stereocenters. The molecular weight excluding hydrogens is 326 g/mol. The second-order valence-electron chi connectivity index (χ2n) is 7.17. The molecule has 0 fully saturated rings. The average Bonchev–Trinajstić information content (AvgIpc) is 2.83. The highest BCUT2D eigenvalue weighted by atomic mass is 79.9. The fraction of sp³-hybridized carbons (Fsp3) is 0.667. The number of hydrogen-bond acceptors (Lipinski definition) is 2. The van der Waals surface area contributed by atoms with Crippen LogP contribution in [-0.4, -0.2) is 19.2 Å². The van der Waals surface area contributed by atoms with Crippen molar-refractivity contribution >= 4 is 15.9 Å². The highest BCUT2D eigenvalue weighted by Gasteiger charge is 2.21.